The van der Waals surface area contributed by atoms with E-state index in [4.69, 9.17) is 10.7 Å². The quantitative estimate of drug-likeness (QED) is 0.310. The predicted molar refractivity (Wildman–Crippen MR) is 131 cm³/mol. The summed E-state index contributed by atoms with van der Waals surface area (Å²) in [5.74, 6) is -0.0644. The number of nitrogens with one attached hydrogen (secondary N) is 1. The maximum atomic E-state index is 13.7. The standard InChI is InChI=1S/C23H23BrFN7O3/c1-11(29-23(35)31-9-16(34)6-15(31)10-33)20-19(24)21(26)32-22(30-20)17(8-28-32)13-4-12-5-14(25)2-3-18(12)27-7-13/h2-5,7-8,11,15-16,33-34H,6,9-10,26H2,1H3,(H,29,35). The summed E-state index contributed by atoms with van der Waals surface area (Å²) in [6, 6.07) is 4.75. The number of amides is 2. The van der Waals surface area contributed by atoms with Gasteiger partial charge < -0.3 is 26.2 Å². The number of aliphatic hydroxyl groups excluding tert-OH is 2. The smallest absolute Gasteiger partial charge is 0.318 e. The van der Waals surface area contributed by atoms with Crippen LogP contribution in [0.25, 0.3) is 27.7 Å². The fourth-order valence-corrected chi connectivity index (χ4v) is 5.00. The molecule has 0 saturated carbocycles. The molecule has 3 unspecified atom stereocenters. The van der Waals surface area contributed by atoms with E-state index in [1.807, 2.05) is 0 Å². The first-order chi connectivity index (χ1) is 16.8. The van der Waals surface area contributed by atoms with E-state index in [9.17, 15) is 19.4 Å². The minimum atomic E-state index is -0.677. The molecule has 1 aliphatic rings. The molecular formula is C23H23BrFN7O3. The second kappa shape index (κ2) is 9.02. The van der Waals surface area contributed by atoms with Crippen LogP contribution in [0, 0.1) is 5.82 Å². The molecule has 4 heterocycles. The fraction of sp³-hybridized carbons (Fsp3) is 0.304. The van der Waals surface area contributed by atoms with Gasteiger partial charge in [0.05, 0.1) is 46.7 Å². The first-order valence-electron chi connectivity index (χ1n) is 11.0. The Hall–Kier alpha value is -3.35. The van der Waals surface area contributed by atoms with Gasteiger partial charge in [-0.1, -0.05) is 0 Å². The second-order valence-corrected chi connectivity index (χ2v) is 9.39. The van der Waals surface area contributed by atoms with Gasteiger partial charge in [0.1, 0.15) is 11.6 Å². The number of halogens is 2. The lowest BCUT2D eigenvalue weighted by molar-refractivity contribution is 0.152. The van der Waals surface area contributed by atoms with Crippen molar-refractivity contribution < 1.29 is 19.4 Å². The highest BCUT2D eigenvalue weighted by atomic mass is 79.9. The number of carbonyl (C=O) groups excluding carboxylic acids is 1. The number of likely N-dealkylation sites (tertiary alicyclic amines) is 1. The van der Waals surface area contributed by atoms with Gasteiger partial charge in [-0.25, -0.2) is 14.2 Å². The van der Waals surface area contributed by atoms with Crippen LogP contribution in [0.3, 0.4) is 0 Å². The number of fused-ring (bicyclic) bond motifs is 2. The van der Waals surface area contributed by atoms with Gasteiger partial charge in [-0.2, -0.15) is 9.61 Å². The molecule has 0 radical (unpaired) electrons. The van der Waals surface area contributed by atoms with Crippen LogP contribution >= 0.6 is 15.9 Å². The lowest BCUT2D eigenvalue weighted by atomic mass is 10.1. The number of β-amino-alcohol motifs (C(OH)–C–C–N with tert-alkyl or cyclic N) is 1. The summed E-state index contributed by atoms with van der Waals surface area (Å²) in [7, 11) is 0. The molecule has 0 spiro atoms. The monoisotopic (exact) mass is 543 g/mol. The molecule has 3 atom stereocenters. The highest BCUT2D eigenvalue weighted by Crippen LogP contribution is 2.33. The molecule has 12 heteroatoms. The fourth-order valence-electron chi connectivity index (χ4n) is 4.40. The van der Waals surface area contributed by atoms with Gasteiger partial charge in [0.15, 0.2) is 5.65 Å². The Morgan fingerprint density at radius 3 is 2.94 bits per heavy atom. The molecular weight excluding hydrogens is 521 g/mol. The van der Waals surface area contributed by atoms with Crippen LogP contribution in [-0.2, 0) is 0 Å². The van der Waals surface area contributed by atoms with E-state index in [1.54, 1.807) is 31.5 Å². The average molecular weight is 544 g/mol. The van der Waals surface area contributed by atoms with E-state index in [2.05, 4.69) is 31.3 Å². The molecule has 1 aliphatic heterocycles. The maximum absolute atomic E-state index is 13.7. The third-order valence-electron chi connectivity index (χ3n) is 6.22. The highest BCUT2D eigenvalue weighted by molar-refractivity contribution is 9.10. The van der Waals surface area contributed by atoms with Crippen LogP contribution in [0.5, 0.6) is 0 Å². The molecule has 1 aromatic carbocycles. The summed E-state index contributed by atoms with van der Waals surface area (Å²) in [5.41, 5.74) is 9.25. The number of aliphatic hydroxyl groups is 2. The summed E-state index contributed by atoms with van der Waals surface area (Å²) < 4.78 is 15.7. The number of urea groups is 1. The molecule has 10 nitrogen and oxygen atoms in total. The molecule has 35 heavy (non-hydrogen) atoms. The minimum Gasteiger partial charge on any atom is -0.394 e. The second-order valence-electron chi connectivity index (χ2n) is 8.60. The lowest BCUT2D eigenvalue weighted by Crippen LogP contribution is -2.45. The molecule has 1 fully saturated rings. The molecule has 0 aliphatic carbocycles. The number of pyridine rings is 1. The van der Waals surface area contributed by atoms with Gasteiger partial charge in [-0.3, -0.25) is 4.98 Å². The largest absolute Gasteiger partial charge is 0.394 e. The summed E-state index contributed by atoms with van der Waals surface area (Å²) in [5, 5.41) is 27.3. The number of aromatic nitrogens is 4. The first kappa shape index (κ1) is 23.4. The third kappa shape index (κ3) is 4.17. The van der Waals surface area contributed by atoms with Crippen LogP contribution in [0.4, 0.5) is 15.0 Å². The molecule has 0 bridgehead atoms. The normalized spacial score (nSPS) is 18.9. The number of rotatable bonds is 4. The predicted octanol–water partition coefficient (Wildman–Crippen LogP) is 2.63. The van der Waals surface area contributed by atoms with Crippen LogP contribution in [-0.4, -0.2) is 66.0 Å². The average Bonchev–Trinajstić information content (AvgIpc) is 3.44. The summed E-state index contributed by atoms with van der Waals surface area (Å²) >= 11 is 3.47. The van der Waals surface area contributed by atoms with E-state index >= 15 is 0 Å². The zero-order valence-electron chi connectivity index (χ0n) is 18.7. The van der Waals surface area contributed by atoms with Crippen molar-refractivity contribution in [2.75, 3.05) is 18.9 Å². The molecule has 3 aromatic heterocycles. The maximum Gasteiger partial charge on any atom is 0.318 e. The van der Waals surface area contributed by atoms with Crippen molar-refractivity contribution in [3.8, 4) is 11.1 Å². The number of benzene rings is 1. The van der Waals surface area contributed by atoms with Crippen molar-refractivity contribution in [2.45, 2.75) is 31.5 Å². The van der Waals surface area contributed by atoms with Gasteiger partial charge >= 0.3 is 6.03 Å². The third-order valence-corrected chi connectivity index (χ3v) is 7.03. The number of hydrogen-bond donors (Lipinski definition) is 4. The molecule has 4 aromatic rings. The summed E-state index contributed by atoms with van der Waals surface area (Å²) in [6.45, 7) is 1.67. The molecule has 2 amide bonds. The zero-order valence-corrected chi connectivity index (χ0v) is 20.3. The van der Waals surface area contributed by atoms with Gasteiger partial charge in [0.2, 0.25) is 0 Å². The van der Waals surface area contributed by atoms with Crippen molar-refractivity contribution in [2.24, 2.45) is 0 Å². The van der Waals surface area contributed by atoms with Gasteiger partial charge in [0.25, 0.3) is 0 Å². The van der Waals surface area contributed by atoms with Crippen LogP contribution < -0.4 is 11.1 Å². The van der Waals surface area contributed by atoms with Crippen molar-refractivity contribution >= 4 is 44.3 Å². The van der Waals surface area contributed by atoms with E-state index < -0.39 is 24.2 Å². The van der Waals surface area contributed by atoms with Crippen LogP contribution in [0.15, 0.2) is 41.1 Å². The SMILES string of the molecule is CC(NC(=O)N1CC(O)CC1CO)c1nc2c(-c3cnc4ccc(F)cc4c3)cnn2c(N)c1Br. The summed E-state index contributed by atoms with van der Waals surface area (Å²) in [4.78, 5) is 23.4. The van der Waals surface area contributed by atoms with Gasteiger partial charge in [0, 0.05) is 29.3 Å². The van der Waals surface area contributed by atoms with E-state index in [1.165, 1.54) is 21.5 Å². The number of nitrogen functional groups attached to an aromatic ring is 1. The Labute approximate surface area is 207 Å². The Morgan fingerprint density at radius 2 is 2.17 bits per heavy atom. The Morgan fingerprint density at radius 1 is 1.37 bits per heavy atom. The van der Waals surface area contributed by atoms with Crippen LogP contribution in [0.1, 0.15) is 25.1 Å². The van der Waals surface area contributed by atoms with E-state index in [0.29, 0.717) is 50.1 Å². The number of hydrogen-bond acceptors (Lipinski definition) is 7. The van der Waals surface area contributed by atoms with Crippen molar-refractivity contribution in [1.82, 2.24) is 29.8 Å². The van der Waals surface area contributed by atoms with Crippen molar-refractivity contribution in [3.63, 3.8) is 0 Å². The molecule has 182 valence electrons. The Balaban J connectivity index is 1.51. The topological polar surface area (TPSA) is 142 Å². The Kier molecular flexibility index (Phi) is 6.03. The first-order valence-corrected chi connectivity index (χ1v) is 11.8. The minimum absolute atomic E-state index is 0.141. The van der Waals surface area contributed by atoms with E-state index in [0.717, 1.165) is 0 Å². The molecule has 5 rings (SSSR count). The lowest BCUT2D eigenvalue weighted by Gasteiger charge is -2.25. The van der Waals surface area contributed by atoms with Gasteiger partial charge in [-0.15, -0.1) is 0 Å². The number of anilines is 1. The zero-order chi connectivity index (χ0) is 24.9. The van der Waals surface area contributed by atoms with Crippen LogP contribution in [0.2, 0.25) is 0 Å². The van der Waals surface area contributed by atoms with Gasteiger partial charge in [-0.05, 0) is 53.5 Å². The number of carbonyl (C=O) groups is 1. The number of nitrogens with zero attached hydrogens (tertiary/aromatic N) is 5. The number of nitrogens with two attached hydrogens (primary N) is 1. The molecule has 1 saturated heterocycles. The van der Waals surface area contributed by atoms with Crippen molar-refractivity contribution in [1.29, 1.82) is 0 Å². The highest BCUT2D eigenvalue weighted by Gasteiger charge is 2.34. The molecule has 5 N–H and O–H groups in total. The van der Waals surface area contributed by atoms with Crippen molar-refractivity contribution in [3.05, 3.63) is 52.6 Å². The van der Waals surface area contributed by atoms with E-state index in [-0.39, 0.29) is 19.0 Å². The Bertz CT molecular complexity index is 1450. The summed E-state index contributed by atoms with van der Waals surface area (Å²) in [6.07, 6.45) is 2.92.